The van der Waals surface area contributed by atoms with Gasteiger partial charge in [0.05, 0.1) is 18.1 Å². The Morgan fingerprint density at radius 1 is 1.76 bits per heavy atom. The van der Waals surface area contributed by atoms with E-state index in [0.717, 1.165) is 36.8 Å². The van der Waals surface area contributed by atoms with Gasteiger partial charge in [0.2, 0.25) is 5.91 Å². The summed E-state index contributed by atoms with van der Waals surface area (Å²) in [6, 6.07) is 0.292. The van der Waals surface area contributed by atoms with Crippen molar-refractivity contribution in [3.63, 3.8) is 0 Å². The van der Waals surface area contributed by atoms with Gasteiger partial charge in [0.1, 0.15) is 5.01 Å². The molecule has 0 bridgehead atoms. The minimum atomic E-state index is 0.0514. The van der Waals surface area contributed by atoms with Crippen molar-refractivity contribution in [3.05, 3.63) is 16.1 Å². The Bertz CT molecular complexity index is 396. The van der Waals surface area contributed by atoms with Crippen molar-refractivity contribution in [2.24, 2.45) is 0 Å². The average Bonchev–Trinajstić information content (AvgIpc) is 2.88. The van der Waals surface area contributed by atoms with E-state index in [4.69, 9.17) is 11.6 Å². The highest BCUT2D eigenvalue weighted by molar-refractivity contribution is 7.09. The standard InChI is InChI=1S/C11H16ClN3OS/c1-8(16)13-9-2-3-15(5-9)6-11-14-10(4-12)7-17-11/h7,9H,2-6H2,1H3,(H,13,16). The fourth-order valence-electron chi connectivity index (χ4n) is 2.06. The highest BCUT2D eigenvalue weighted by atomic mass is 35.5. The van der Waals surface area contributed by atoms with Gasteiger partial charge in [-0.1, -0.05) is 0 Å². The van der Waals surface area contributed by atoms with E-state index in [2.05, 4.69) is 15.2 Å². The molecule has 94 valence electrons. The highest BCUT2D eigenvalue weighted by Crippen LogP contribution is 2.17. The number of nitrogens with zero attached hydrogens (tertiary/aromatic N) is 2. The van der Waals surface area contributed by atoms with Gasteiger partial charge in [-0.15, -0.1) is 22.9 Å². The normalized spacial score (nSPS) is 20.7. The first kappa shape index (κ1) is 12.8. The summed E-state index contributed by atoms with van der Waals surface area (Å²) in [5.74, 6) is 0.529. The lowest BCUT2D eigenvalue weighted by molar-refractivity contribution is -0.119. The number of halogens is 1. The van der Waals surface area contributed by atoms with Gasteiger partial charge in [-0.2, -0.15) is 0 Å². The molecular formula is C11H16ClN3OS. The predicted octanol–water partition coefficient (Wildman–Crippen LogP) is 1.59. The summed E-state index contributed by atoms with van der Waals surface area (Å²) < 4.78 is 0. The Labute approximate surface area is 110 Å². The maximum atomic E-state index is 11.0. The van der Waals surface area contributed by atoms with Crippen LogP contribution in [0.3, 0.4) is 0 Å². The van der Waals surface area contributed by atoms with Crippen LogP contribution in [0.4, 0.5) is 0 Å². The van der Waals surface area contributed by atoms with Crippen LogP contribution in [0.5, 0.6) is 0 Å². The van der Waals surface area contributed by atoms with Crippen LogP contribution in [0.1, 0.15) is 24.0 Å². The number of carbonyl (C=O) groups excluding carboxylic acids is 1. The third-order valence-electron chi connectivity index (χ3n) is 2.77. The van der Waals surface area contributed by atoms with Crippen molar-refractivity contribution >= 4 is 28.8 Å². The van der Waals surface area contributed by atoms with Crippen LogP contribution in [-0.4, -0.2) is 34.9 Å². The van der Waals surface area contributed by atoms with Crippen LogP contribution < -0.4 is 5.32 Å². The number of rotatable bonds is 4. The third-order valence-corrected chi connectivity index (χ3v) is 3.93. The minimum Gasteiger partial charge on any atom is -0.352 e. The van der Waals surface area contributed by atoms with E-state index >= 15 is 0 Å². The fraction of sp³-hybridized carbons (Fsp3) is 0.636. The second-order valence-corrected chi connectivity index (χ2v) is 5.50. The van der Waals surface area contributed by atoms with Gasteiger partial charge in [-0.05, 0) is 6.42 Å². The Kier molecular flexibility index (Phi) is 4.36. The molecule has 6 heteroatoms. The molecule has 0 aliphatic carbocycles. The Morgan fingerprint density at radius 3 is 3.24 bits per heavy atom. The van der Waals surface area contributed by atoms with E-state index in [1.54, 1.807) is 18.3 Å². The molecule has 1 saturated heterocycles. The molecule has 1 aromatic heterocycles. The molecule has 1 amide bonds. The molecule has 1 atom stereocenters. The van der Waals surface area contributed by atoms with Crippen molar-refractivity contribution in [1.29, 1.82) is 0 Å². The zero-order valence-electron chi connectivity index (χ0n) is 9.78. The topological polar surface area (TPSA) is 45.2 Å². The van der Waals surface area contributed by atoms with Gasteiger partial charge in [0, 0.05) is 31.4 Å². The van der Waals surface area contributed by atoms with E-state index in [9.17, 15) is 4.79 Å². The first-order chi connectivity index (χ1) is 8.17. The molecular weight excluding hydrogens is 258 g/mol. The molecule has 1 fully saturated rings. The van der Waals surface area contributed by atoms with Crippen LogP contribution in [0.25, 0.3) is 0 Å². The molecule has 0 radical (unpaired) electrons. The molecule has 4 nitrogen and oxygen atoms in total. The highest BCUT2D eigenvalue weighted by Gasteiger charge is 2.23. The molecule has 2 heterocycles. The monoisotopic (exact) mass is 273 g/mol. The second kappa shape index (κ2) is 5.80. The number of hydrogen-bond donors (Lipinski definition) is 1. The molecule has 17 heavy (non-hydrogen) atoms. The zero-order chi connectivity index (χ0) is 12.3. The van der Waals surface area contributed by atoms with Crippen LogP contribution in [-0.2, 0) is 17.2 Å². The number of likely N-dealkylation sites (tertiary alicyclic amines) is 1. The number of thiazole rings is 1. The summed E-state index contributed by atoms with van der Waals surface area (Å²) in [6.45, 7) is 4.35. The molecule has 1 aromatic rings. The van der Waals surface area contributed by atoms with Gasteiger partial charge in [0.15, 0.2) is 0 Å². The van der Waals surface area contributed by atoms with E-state index in [-0.39, 0.29) is 5.91 Å². The summed E-state index contributed by atoms with van der Waals surface area (Å²) in [4.78, 5) is 17.7. The van der Waals surface area contributed by atoms with Crippen molar-refractivity contribution in [3.8, 4) is 0 Å². The minimum absolute atomic E-state index is 0.0514. The molecule has 0 saturated carbocycles. The lowest BCUT2D eigenvalue weighted by atomic mass is 10.3. The largest absolute Gasteiger partial charge is 0.352 e. The van der Waals surface area contributed by atoms with Crippen LogP contribution in [0.2, 0.25) is 0 Å². The first-order valence-corrected chi connectivity index (χ1v) is 7.07. The van der Waals surface area contributed by atoms with Gasteiger partial charge < -0.3 is 5.32 Å². The Balaban J connectivity index is 1.83. The summed E-state index contributed by atoms with van der Waals surface area (Å²) in [5.41, 5.74) is 0.948. The Morgan fingerprint density at radius 2 is 2.59 bits per heavy atom. The molecule has 0 spiro atoms. The molecule has 1 unspecified atom stereocenters. The first-order valence-electron chi connectivity index (χ1n) is 5.66. The summed E-state index contributed by atoms with van der Waals surface area (Å²) in [6.07, 6.45) is 1.02. The van der Waals surface area contributed by atoms with Crippen molar-refractivity contribution in [2.45, 2.75) is 31.8 Å². The lowest BCUT2D eigenvalue weighted by Gasteiger charge is -2.14. The van der Waals surface area contributed by atoms with E-state index in [1.807, 2.05) is 5.38 Å². The Hall–Kier alpha value is -0.650. The van der Waals surface area contributed by atoms with Gasteiger partial charge in [0.25, 0.3) is 0 Å². The number of carbonyl (C=O) groups is 1. The second-order valence-electron chi connectivity index (χ2n) is 4.29. The van der Waals surface area contributed by atoms with Gasteiger partial charge >= 0.3 is 0 Å². The molecule has 1 N–H and O–H groups in total. The maximum absolute atomic E-state index is 11.0. The number of nitrogens with one attached hydrogen (secondary N) is 1. The smallest absolute Gasteiger partial charge is 0.217 e. The summed E-state index contributed by atoms with van der Waals surface area (Å²) in [7, 11) is 0. The number of aromatic nitrogens is 1. The zero-order valence-corrected chi connectivity index (χ0v) is 11.4. The molecule has 1 aliphatic rings. The van der Waals surface area contributed by atoms with E-state index in [1.165, 1.54) is 0 Å². The predicted molar refractivity (Wildman–Crippen MR) is 69.2 cm³/mol. The van der Waals surface area contributed by atoms with Crippen molar-refractivity contribution in [1.82, 2.24) is 15.2 Å². The summed E-state index contributed by atoms with van der Waals surface area (Å²) >= 11 is 7.37. The number of alkyl halides is 1. The third kappa shape index (κ3) is 3.66. The van der Waals surface area contributed by atoms with Crippen LogP contribution in [0.15, 0.2) is 5.38 Å². The van der Waals surface area contributed by atoms with Crippen LogP contribution in [0, 0.1) is 0 Å². The van der Waals surface area contributed by atoms with Gasteiger partial charge in [-0.25, -0.2) is 4.98 Å². The van der Waals surface area contributed by atoms with E-state index in [0.29, 0.717) is 11.9 Å². The maximum Gasteiger partial charge on any atom is 0.217 e. The SMILES string of the molecule is CC(=O)NC1CCN(Cc2nc(CCl)cs2)C1. The lowest BCUT2D eigenvalue weighted by Crippen LogP contribution is -2.35. The molecule has 1 aliphatic heterocycles. The van der Waals surface area contributed by atoms with Crippen molar-refractivity contribution in [2.75, 3.05) is 13.1 Å². The van der Waals surface area contributed by atoms with Crippen molar-refractivity contribution < 1.29 is 4.79 Å². The quantitative estimate of drug-likeness (QED) is 0.848. The van der Waals surface area contributed by atoms with Gasteiger partial charge in [-0.3, -0.25) is 9.69 Å². The van der Waals surface area contributed by atoms with Crippen LogP contribution >= 0.6 is 22.9 Å². The summed E-state index contributed by atoms with van der Waals surface area (Å²) in [5, 5.41) is 6.06. The number of amides is 1. The van der Waals surface area contributed by atoms with E-state index < -0.39 is 0 Å². The molecule has 0 aromatic carbocycles. The fourth-order valence-corrected chi connectivity index (χ4v) is 3.12. The molecule has 2 rings (SSSR count). The number of hydrogen-bond acceptors (Lipinski definition) is 4. The average molecular weight is 274 g/mol.